The Morgan fingerprint density at radius 2 is 2.22 bits per heavy atom. The van der Waals surface area contributed by atoms with Gasteiger partial charge in [0.2, 0.25) is 0 Å². The van der Waals surface area contributed by atoms with Crippen molar-refractivity contribution in [1.82, 2.24) is 25.2 Å². The topological polar surface area (TPSA) is 68.8 Å². The van der Waals surface area contributed by atoms with Crippen LogP contribution in [0, 0.1) is 0 Å². The molecule has 0 aromatic carbocycles. The molecule has 6 nitrogen and oxygen atoms in total. The third-order valence-corrected chi connectivity index (χ3v) is 2.61. The van der Waals surface area contributed by atoms with Gasteiger partial charge in [0.1, 0.15) is 0 Å². The van der Waals surface area contributed by atoms with Gasteiger partial charge in [-0.25, -0.2) is 0 Å². The molecular formula is C12H19N5O. The maximum Gasteiger partial charge on any atom is 0.261 e. The van der Waals surface area contributed by atoms with Gasteiger partial charge < -0.3 is 9.84 Å². The first-order valence-electron chi connectivity index (χ1n) is 6.19. The molecule has 2 heterocycles. The van der Waals surface area contributed by atoms with Crippen LogP contribution in [-0.2, 0) is 20.0 Å². The molecule has 0 saturated carbocycles. The van der Waals surface area contributed by atoms with Crippen LogP contribution in [0.3, 0.4) is 0 Å². The fourth-order valence-electron chi connectivity index (χ4n) is 1.70. The van der Waals surface area contributed by atoms with E-state index < -0.39 is 0 Å². The second-order valence-corrected chi connectivity index (χ2v) is 4.57. The number of aromatic nitrogens is 4. The quantitative estimate of drug-likeness (QED) is 0.870. The SMILES string of the molecule is CCc1nn(C)cc1-c1nc(CNC(C)C)no1. The second kappa shape index (κ2) is 5.30. The van der Waals surface area contributed by atoms with Crippen molar-refractivity contribution in [3.63, 3.8) is 0 Å². The van der Waals surface area contributed by atoms with Crippen LogP contribution in [0.5, 0.6) is 0 Å². The van der Waals surface area contributed by atoms with Crippen molar-refractivity contribution >= 4 is 0 Å². The molecule has 0 fully saturated rings. The largest absolute Gasteiger partial charge is 0.334 e. The Labute approximate surface area is 106 Å². The average molecular weight is 249 g/mol. The number of rotatable bonds is 5. The van der Waals surface area contributed by atoms with Crippen molar-refractivity contribution in [3.8, 4) is 11.5 Å². The van der Waals surface area contributed by atoms with E-state index >= 15 is 0 Å². The Hall–Kier alpha value is -1.69. The molecule has 0 aliphatic rings. The lowest BCUT2D eigenvalue weighted by Gasteiger charge is -2.03. The molecule has 0 bridgehead atoms. The van der Waals surface area contributed by atoms with Gasteiger partial charge in [0.15, 0.2) is 5.82 Å². The van der Waals surface area contributed by atoms with E-state index in [0.717, 1.165) is 17.7 Å². The summed E-state index contributed by atoms with van der Waals surface area (Å²) in [5.74, 6) is 1.21. The highest BCUT2D eigenvalue weighted by Crippen LogP contribution is 2.21. The Bertz CT molecular complexity index is 514. The van der Waals surface area contributed by atoms with E-state index in [9.17, 15) is 0 Å². The average Bonchev–Trinajstić information content (AvgIpc) is 2.92. The summed E-state index contributed by atoms with van der Waals surface area (Å²) >= 11 is 0. The minimum Gasteiger partial charge on any atom is -0.334 e. The zero-order valence-electron chi connectivity index (χ0n) is 11.3. The van der Waals surface area contributed by atoms with Crippen molar-refractivity contribution in [3.05, 3.63) is 17.7 Å². The zero-order chi connectivity index (χ0) is 13.1. The predicted octanol–water partition coefficient (Wildman–Crippen LogP) is 1.53. The number of hydrogen-bond acceptors (Lipinski definition) is 5. The highest BCUT2D eigenvalue weighted by molar-refractivity contribution is 5.55. The predicted molar refractivity (Wildman–Crippen MR) is 67.9 cm³/mol. The summed E-state index contributed by atoms with van der Waals surface area (Å²) in [6.07, 6.45) is 2.75. The molecule has 2 aromatic heterocycles. The molecule has 6 heteroatoms. The monoisotopic (exact) mass is 249 g/mol. The van der Waals surface area contributed by atoms with Crippen LogP contribution in [0.25, 0.3) is 11.5 Å². The summed E-state index contributed by atoms with van der Waals surface area (Å²) in [6, 6.07) is 0.400. The van der Waals surface area contributed by atoms with E-state index in [-0.39, 0.29) is 0 Å². The molecule has 0 aliphatic heterocycles. The highest BCUT2D eigenvalue weighted by Gasteiger charge is 2.15. The van der Waals surface area contributed by atoms with E-state index in [4.69, 9.17) is 4.52 Å². The number of hydrogen-bond donors (Lipinski definition) is 1. The van der Waals surface area contributed by atoms with Crippen molar-refractivity contribution in [2.24, 2.45) is 7.05 Å². The van der Waals surface area contributed by atoms with Crippen molar-refractivity contribution in [2.45, 2.75) is 39.8 Å². The summed E-state index contributed by atoms with van der Waals surface area (Å²) in [5.41, 5.74) is 1.90. The standard InChI is InChI=1S/C12H19N5O/c1-5-10-9(7-17(4)15-10)12-14-11(16-18-12)6-13-8(2)3/h7-8,13H,5-6H2,1-4H3. The van der Waals surface area contributed by atoms with Gasteiger partial charge in [-0.1, -0.05) is 25.9 Å². The molecular weight excluding hydrogens is 230 g/mol. The minimum atomic E-state index is 0.400. The van der Waals surface area contributed by atoms with Crippen LogP contribution in [-0.4, -0.2) is 26.0 Å². The Morgan fingerprint density at radius 3 is 2.89 bits per heavy atom. The lowest BCUT2D eigenvalue weighted by atomic mass is 10.2. The molecule has 0 aliphatic carbocycles. The van der Waals surface area contributed by atoms with Gasteiger partial charge in [-0.15, -0.1) is 0 Å². The van der Waals surface area contributed by atoms with Gasteiger partial charge in [0, 0.05) is 19.3 Å². The maximum absolute atomic E-state index is 5.28. The first kappa shape index (κ1) is 12.8. The van der Waals surface area contributed by atoms with Gasteiger partial charge in [-0.05, 0) is 6.42 Å². The smallest absolute Gasteiger partial charge is 0.261 e. The Morgan fingerprint density at radius 1 is 1.44 bits per heavy atom. The molecule has 1 N–H and O–H groups in total. The van der Waals surface area contributed by atoms with Gasteiger partial charge in [-0.2, -0.15) is 10.1 Å². The van der Waals surface area contributed by atoms with Gasteiger partial charge in [-0.3, -0.25) is 4.68 Å². The Kier molecular flexibility index (Phi) is 3.76. The van der Waals surface area contributed by atoms with Crippen molar-refractivity contribution in [1.29, 1.82) is 0 Å². The van der Waals surface area contributed by atoms with E-state index in [1.54, 1.807) is 4.68 Å². The molecule has 2 aromatic rings. The zero-order valence-corrected chi connectivity index (χ0v) is 11.3. The molecule has 0 atom stereocenters. The molecule has 0 saturated heterocycles. The van der Waals surface area contributed by atoms with Crippen LogP contribution in [0.1, 0.15) is 32.3 Å². The number of aryl methyl sites for hydroxylation is 2. The first-order valence-corrected chi connectivity index (χ1v) is 6.19. The summed E-state index contributed by atoms with van der Waals surface area (Å²) in [5, 5.41) is 11.6. The van der Waals surface area contributed by atoms with Crippen LogP contribution in [0.4, 0.5) is 0 Å². The van der Waals surface area contributed by atoms with Crippen LogP contribution < -0.4 is 5.32 Å². The number of nitrogens with one attached hydrogen (secondary N) is 1. The minimum absolute atomic E-state index is 0.400. The fraction of sp³-hybridized carbons (Fsp3) is 0.583. The maximum atomic E-state index is 5.28. The normalized spacial score (nSPS) is 11.4. The van der Waals surface area contributed by atoms with Crippen LogP contribution in [0.15, 0.2) is 10.7 Å². The van der Waals surface area contributed by atoms with Gasteiger partial charge in [0.05, 0.1) is 17.8 Å². The molecule has 0 unspecified atom stereocenters. The van der Waals surface area contributed by atoms with E-state index in [1.165, 1.54) is 0 Å². The molecule has 18 heavy (non-hydrogen) atoms. The lowest BCUT2D eigenvalue weighted by Crippen LogP contribution is -2.22. The summed E-state index contributed by atoms with van der Waals surface area (Å²) in [6.45, 7) is 6.83. The van der Waals surface area contributed by atoms with Gasteiger partial charge in [0.25, 0.3) is 5.89 Å². The summed E-state index contributed by atoms with van der Waals surface area (Å²) in [4.78, 5) is 4.38. The molecule has 98 valence electrons. The molecule has 2 rings (SSSR count). The third-order valence-electron chi connectivity index (χ3n) is 2.61. The summed E-state index contributed by atoms with van der Waals surface area (Å²) < 4.78 is 7.05. The highest BCUT2D eigenvalue weighted by atomic mass is 16.5. The molecule has 0 radical (unpaired) electrons. The molecule has 0 amide bonds. The fourth-order valence-corrected chi connectivity index (χ4v) is 1.70. The number of nitrogens with zero attached hydrogens (tertiary/aromatic N) is 4. The van der Waals surface area contributed by atoms with E-state index in [2.05, 4.69) is 41.3 Å². The Balaban J connectivity index is 2.18. The lowest BCUT2D eigenvalue weighted by molar-refractivity contribution is 0.417. The van der Waals surface area contributed by atoms with Crippen LogP contribution in [0.2, 0.25) is 0 Å². The molecule has 0 spiro atoms. The first-order chi connectivity index (χ1) is 8.60. The van der Waals surface area contributed by atoms with Crippen molar-refractivity contribution < 1.29 is 4.52 Å². The second-order valence-electron chi connectivity index (χ2n) is 4.57. The van der Waals surface area contributed by atoms with Crippen LogP contribution >= 0.6 is 0 Å². The van der Waals surface area contributed by atoms with Gasteiger partial charge >= 0.3 is 0 Å². The van der Waals surface area contributed by atoms with Crippen molar-refractivity contribution in [2.75, 3.05) is 0 Å². The summed E-state index contributed by atoms with van der Waals surface area (Å²) in [7, 11) is 1.89. The third kappa shape index (κ3) is 2.76. The van der Waals surface area contributed by atoms with E-state index in [0.29, 0.717) is 24.3 Å². The van der Waals surface area contributed by atoms with E-state index in [1.807, 2.05) is 13.2 Å².